The summed E-state index contributed by atoms with van der Waals surface area (Å²) < 4.78 is 5.78. The van der Waals surface area contributed by atoms with Gasteiger partial charge in [0, 0.05) is 31.7 Å². The van der Waals surface area contributed by atoms with E-state index in [1.165, 1.54) is 0 Å². The van der Waals surface area contributed by atoms with Crippen molar-refractivity contribution in [3.63, 3.8) is 0 Å². The summed E-state index contributed by atoms with van der Waals surface area (Å²) in [6, 6.07) is 9.69. The molecule has 2 aromatic rings. The summed E-state index contributed by atoms with van der Waals surface area (Å²) in [6.07, 6.45) is 0. The van der Waals surface area contributed by atoms with E-state index in [1.54, 1.807) is 0 Å². The number of aryl methyl sites for hydroxylation is 1. The van der Waals surface area contributed by atoms with Crippen LogP contribution < -0.4 is 5.32 Å². The molecule has 0 saturated carbocycles. The number of nitrogens with zero attached hydrogens (tertiary/aromatic N) is 2. The third-order valence-corrected chi connectivity index (χ3v) is 4.69. The summed E-state index contributed by atoms with van der Waals surface area (Å²) in [5.74, 6) is 2.04. The zero-order valence-electron chi connectivity index (χ0n) is 12.6. The third kappa shape index (κ3) is 2.22. The first-order valence-corrected chi connectivity index (χ1v) is 7.75. The van der Waals surface area contributed by atoms with Gasteiger partial charge in [-0.05, 0) is 30.9 Å². The number of fused-ring (bicyclic) bond motifs is 1. The van der Waals surface area contributed by atoms with E-state index < -0.39 is 0 Å². The Hall–Kier alpha value is -2.14. The third-order valence-electron chi connectivity index (χ3n) is 4.69. The Bertz CT molecular complexity index is 683. The molecule has 2 aliphatic rings. The van der Waals surface area contributed by atoms with Crippen molar-refractivity contribution in [2.75, 3.05) is 26.2 Å². The van der Waals surface area contributed by atoms with Crippen LogP contribution in [-0.2, 0) is 0 Å². The van der Waals surface area contributed by atoms with Crippen LogP contribution in [0.4, 0.5) is 0 Å². The van der Waals surface area contributed by atoms with Gasteiger partial charge in [0.05, 0.1) is 5.69 Å². The van der Waals surface area contributed by atoms with Gasteiger partial charge in [0.25, 0.3) is 5.91 Å². The predicted molar refractivity (Wildman–Crippen MR) is 82.4 cm³/mol. The molecule has 0 aliphatic carbocycles. The molecule has 2 aliphatic heterocycles. The summed E-state index contributed by atoms with van der Waals surface area (Å²) in [5.41, 5.74) is 1.56. The summed E-state index contributed by atoms with van der Waals surface area (Å²) in [7, 11) is 0. The lowest BCUT2D eigenvalue weighted by molar-refractivity contribution is 0.0750. The number of carbonyl (C=O) groups excluding carboxylic acids is 1. The van der Waals surface area contributed by atoms with Crippen LogP contribution in [0, 0.1) is 18.8 Å². The molecule has 0 spiro atoms. The Morgan fingerprint density at radius 1 is 1.23 bits per heavy atom. The number of benzene rings is 1. The first-order valence-electron chi connectivity index (χ1n) is 7.75. The van der Waals surface area contributed by atoms with Crippen LogP contribution in [-0.4, -0.2) is 42.0 Å². The molecule has 1 N–H and O–H groups in total. The normalized spacial score (nSPS) is 23.8. The van der Waals surface area contributed by atoms with Gasteiger partial charge in [-0.1, -0.05) is 18.2 Å². The Labute approximate surface area is 129 Å². The van der Waals surface area contributed by atoms with Gasteiger partial charge < -0.3 is 14.6 Å². The Balaban J connectivity index is 1.58. The smallest absolute Gasteiger partial charge is 0.291 e. The summed E-state index contributed by atoms with van der Waals surface area (Å²) in [6.45, 7) is 5.49. The molecule has 4 rings (SSSR count). The van der Waals surface area contributed by atoms with Gasteiger partial charge in [-0.15, -0.1) is 0 Å². The van der Waals surface area contributed by atoms with Gasteiger partial charge in [0.1, 0.15) is 0 Å². The van der Waals surface area contributed by atoms with E-state index in [-0.39, 0.29) is 5.91 Å². The summed E-state index contributed by atoms with van der Waals surface area (Å²) in [5, 5.41) is 3.39. The fraction of sp³-hybridized carbons (Fsp3) is 0.412. The lowest BCUT2D eigenvalue weighted by Gasteiger charge is -2.15. The van der Waals surface area contributed by atoms with Crippen LogP contribution in [0.2, 0.25) is 0 Å². The van der Waals surface area contributed by atoms with Crippen molar-refractivity contribution in [3.05, 3.63) is 41.8 Å². The quantitative estimate of drug-likeness (QED) is 0.920. The number of hydrogen-bond donors (Lipinski definition) is 1. The topological polar surface area (TPSA) is 58.4 Å². The van der Waals surface area contributed by atoms with Gasteiger partial charge in [0.15, 0.2) is 0 Å². The molecular formula is C17H19N3O2. The summed E-state index contributed by atoms with van der Waals surface area (Å²) in [4.78, 5) is 19.0. The maximum Gasteiger partial charge on any atom is 0.291 e. The zero-order valence-corrected chi connectivity index (χ0v) is 12.6. The molecule has 1 aromatic carbocycles. The Kier molecular flexibility index (Phi) is 3.22. The van der Waals surface area contributed by atoms with Crippen molar-refractivity contribution in [2.45, 2.75) is 6.92 Å². The maximum atomic E-state index is 12.7. The minimum atomic E-state index is -0.0263. The average Bonchev–Trinajstić information content (AvgIpc) is 3.21. The van der Waals surface area contributed by atoms with Gasteiger partial charge in [-0.2, -0.15) is 0 Å². The Morgan fingerprint density at radius 2 is 1.91 bits per heavy atom. The monoisotopic (exact) mass is 297 g/mol. The van der Waals surface area contributed by atoms with Crippen molar-refractivity contribution < 1.29 is 9.21 Å². The van der Waals surface area contributed by atoms with Crippen LogP contribution >= 0.6 is 0 Å². The van der Waals surface area contributed by atoms with Gasteiger partial charge in [-0.25, -0.2) is 4.98 Å². The van der Waals surface area contributed by atoms with Crippen molar-refractivity contribution in [3.8, 4) is 11.5 Å². The molecule has 5 heteroatoms. The second kappa shape index (κ2) is 5.25. The first-order chi connectivity index (χ1) is 10.7. The summed E-state index contributed by atoms with van der Waals surface area (Å²) >= 11 is 0. The number of rotatable bonds is 2. The highest BCUT2D eigenvalue weighted by atomic mass is 16.4. The molecule has 1 aromatic heterocycles. The Morgan fingerprint density at radius 3 is 2.59 bits per heavy atom. The molecular weight excluding hydrogens is 278 g/mol. The highest BCUT2D eigenvalue weighted by molar-refractivity contribution is 5.93. The van der Waals surface area contributed by atoms with Gasteiger partial charge >= 0.3 is 0 Å². The zero-order chi connectivity index (χ0) is 15.1. The SMILES string of the molecule is Cc1nc(-c2ccccc2)oc1C(=O)N1C[C@H]2CNC[C@H]2C1. The van der Waals surface area contributed by atoms with Crippen LogP contribution in [0.25, 0.3) is 11.5 Å². The number of amides is 1. The van der Waals surface area contributed by atoms with E-state index in [0.717, 1.165) is 31.7 Å². The van der Waals surface area contributed by atoms with E-state index in [0.29, 0.717) is 29.2 Å². The molecule has 22 heavy (non-hydrogen) atoms. The van der Waals surface area contributed by atoms with Crippen molar-refractivity contribution in [1.82, 2.24) is 15.2 Å². The molecule has 0 radical (unpaired) electrons. The molecule has 5 nitrogen and oxygen atoms in total. The number of aromatic nitrogens is 1. The fourth-order valence-electron chi connectivity index (χ4n) is 3.46. The number of hydrogen-bond acceptors (Lipinski definition) is 4. The first kappa shape index (κ1) is 13.5. The average molecular weight is 297 g/mol. The second-order valence-electron chi connectivity index (χ2n) is 6.19. The molecule has 2 atom stereocenters. The van der Waals surface area contributed by atoms with E-state index in [2.05, 4.69) is 10.3 Å². The number of likely N-dealkylation sites (tertiary alicyclic amines) is 1. The van der Waals surface area contributed by atoms with E-state index >= 15 is 0 Å². The largest absolute Gasteiger partial charge is 0.431 e. The standard InChI is InChI=1S/C17H19N3O2/c1-11-15(22-16(19-11)12-5-3-2-4-6-12)17(21)20-9-13-7-18-8-14(13)10-20/h2-6,13-14,18H,7-10H2,1H3/t13-,14+. The minimum absolute atomic E-state index is 0.0263. The van der Waals surface area contributed by atoms with Crippen LogP contribution in [0.15, 0.2) is 34.7 Å². The molecule has 2 fully saturated rings. The molecule has 1 amide bonds. The maximum absolute atomic E-state index is 12.7. The minimum Gasteiger partial charge on any atom is -0.431 e. The van der Waals surface area contributed by atoms with Crippen molar-refractivity contribution in [2.24, 2.45) is 11.8 Å². The molecule has 2 saturated heterocycles. The van der Waals surface area contributed by atoms with E-state index in [9.17, 15) is 4.79 Å². The van der Waals surface area contributed by atoms with Crippen LogP contribution in [0.1, 0.15) is 16.2 Å². The van der Waals surface area contributed by atoms with Crippen molar-refractivity contribution in [1.29, 1.82) is 0 Å². The number of nitrogens with one attached hydrogen (secondary N) is 1. The second-order valence-corrected chi connectivity index (χ2v) is 6.19. The van der Waals surface area contributed by atoms with E-state index in [1.807, 2.05) is 42.2 Å². The number of carbonyl (C=O) groups is 1. The molecule has 114 valence electrons. The lowest BCUT2D eigenvalue weighted by Crippen LogP contribution is -2.32. The lowest BCUT2D eigenvalue weighted by atomic mass is 10.0. The van der Waals surface area contributed by atoms with Crippen LogP contribution in [0.3, 0.4) is 0 Å². The highest BCUT2D eigenvalue weighted by Crippen LogP contribution is 2.29. The van der Waals surface area contributed by atoms with Gasteiger partial charge in [0.2, 0.25) is 11.7 Å². The molecule has 0 bridgehead atoms. The highest BCUT2D eigenvalue weighted by Gasteiger charge is 2.39. The number of oxazole rings is 1. The van der Waals surface area contributed by atoms with E-state index in [4.69, 9.17) is 4.42 Å². The van der Waals surface area contributed by atoms with Gasteiger partial charge in [-0.3, -0.25) is 4.79 Å². The molecule has 0 unspecified atom stereocenters. The fourth-order valence-corrected chi connectivity index (χ4v) is 3.46. The van der Waals surface area contributed by atoms with Crippen LogP contribution in [0.5, 0.6) is 0 Å². The van der Waals surface area contributed by atoms with Crippen molar-refractivity contribution >= 4 is 5.91 Å². The molecule has 3 heterocycles. The predicted octanol–water partition coefficient (Wildman–Crippen LogP) is 1.94.